The quantitative estimate of drug-likeness (QED) is 0.435. The summed E-state index contributed by atoms with van der Waals surface area (Å²) in [6.07, 6.45) is 15.6. The van der Waals surface area contributed by atoms with Gasteiger partial charge < -0.3 is 19.9 Å². The molecule has 1 fully saturated rings. The van der Waals surface area contributed by atoms with Crippen LogP contribution in [-0.2, 0) is 11.8 Å². The van der Waals surface area contributed by atoms with Crippen molar-refractivity contribution in [2.24, 2.45) is 12.5 Å². The Balaban J connectivity index is 1.53. The number of pyridine rings is 1. The van der Waals surface area contributed by atoms with E-state index in [1.54, 1.807) is 13.2 Å². The van der Waals surface area contributed by atoms with Crippen molar-refractivity contribution in [3.05, 3.63) is 48.7 Å². The van der Waals surface area contributed by atoms with Gasteiger partial charge in [0, 0.05) is 49.2 Å². The fraction of sp³-hybridized carbons (Fsp3) is 0.407. The predicted octanol–water partition coefficient (Wildman–Crippen LogP) is 4.37. The SMILES string of the molecule is COc1ccc(-c2c(C3=CCC4(CC3)CCN(C=CC=O)C(C)C4)n(C)c3ncnc(N)c23)cn1. The lowest BCUT2D eigenvalue weighted by atomic mass is 9.66. The zero-order valence-corrected chi connectivity index (χ0v) is 20.6. The second-order valence-electron chi connectivity index (χ2n) is 9.78. The van der Waals surface area contributed by atoms with Crippen molar-refractivity contribution < 1.29 is 9.53 Å². The first kappa shape index (κ1) is 23.1. The van der Waals surface area contributed by atoms with Gasteiger partial charge in [-0.25, -0.2) is 15.0 Å². The van der Waals surface area contributed by atoms with E-state index < -0.39 is 0 Å². The number of aryl methyl sites for hydroxylation is 1. The van der Waals surface area contributed by atoms with Crippen LogP contribution in [0.5, 0.6) is 5.88 Å². The van der Waals surface area contributed by atoms with Gasteiger partial charge in [-0.05, 0) is 62.2 Å². The highest BCUT2D eigenvalue weighted by Gasteiger charge is 2.39. The van der Waals surface area contributed by atoms with Crippen molar-refractivity contribution in [1.82, 2.24) is 24.4 Å². The second-order valence-corrected chi connectivity index (χ2v) is 9.78. The molecule has 0 amide bonds. The number of fused-ring (bicyclic) bond motifs is 1. The lowest BCUT2D eigenvalue weighted by molar-refractivity contribution is -0.104. The number of rotatable bonds is 5. The number of nitrogen functional groups attached to an aromatic ring is 1. The summed E-state index contributed by atoms with van der Waals surface area (Å²) in [7, 11) is 3.67. The number of hydrogen-bond acceptors (Lipinski definition) is 7. The summed E-state index contributed by atoms with van der Waals surface area (Å²) >= 11 is 0. The zero-order chi connectivity index (χ0) is 24.6. The average molecular weight is 473 g/mol. The summed E-state index contributed by atoms with van der Waals surface area (Å²) in [6.45, 7) is 3.24. The first-order valence-corrected chi connectivity index (χ1v) is 12.1. The average Bonchev–Trinajstić information content (AvgIpc) is 3.18. The molecule has 0 aromatic carbocycles. The van der Waals surface area contributed by atoms with Gasteiger partial charge in [-0.3, -0.25) is 4.79 Å². The molecule has 2 atom stereocenters. The third-order valence-corrected chi connectivity index (χ3v) is 7.79. The molecule has 8 nitrogen and oxygen atoms in total. The molecule has 3 aromatic heterocycles. The largest absolute Gasteiger partial charge is 0.481 e. The van der Waals surface area contributed by atoms with E-state index in [-0.39, 0.29) is 0 Å². The smallest absolute Gasteiger partial charge is 0.212 e. The minimum absolute atomic E-state index is 0.305. The van der Waals surface area contributed by atoms with Crippen LogP contribution in [0.4, 0.5) is 5.82 Å². The van der Waals surface area contributed by atoms with Crippen molar-refractivity contribution in [1.29, 1.82) is 0 Å². The van der Waals surface area contributed by atoms with Gasteiger partial charge in [-0.15, -0.1) is 0 Å². The Labute approximate surface area is 205 Å². The summed E-state index contributed by atoms with van der Waals surface area (Å²) in [5.74, 6) is 1.04. The first-order valence-electron chi connectivity index (χ1n) is 12.1. The highest BCUT2D eigenvalue weighted by atomic mass is 16.5. The second kappa shape index (κ2) is 9.17. The van der Waals surface area contributed by atoms with Crippen LogP contribution in [0.1, 0.15) is 44.7 Å². The Morgan fingerprint density at radius 3 is 2.74 bits per heavy atom. The number of carbonyl (C=O) groups is 1. The molecule has 0 radical (unpaired) electrons. The topological polar surface area (TPSA) is 99.2 Å². The minimum Gasteiger partial charge on any atom is -0.481 e. The van der Waals surface area contributed by atoms with Crippen LogP contribution < -0.4 is 10.5 Å². The summed E-state index contributed by atoms with van der Waals surface area (Å²) in [6, 6.07) is 4.31. The van der Waals surface area contributed by atoms with Crippen LogP contribution in [0.2, 0.25) is 0 Å². The van der Waals surface area contributed by atoms with Gasteiger partial charge in [-0.2, -0.15) is 0 Å². The summed E-state index contributed by atoms with van der Waals surface area (Å²) in [5.41, 5.74) is 12.0. The Kier molecular flexibility index (Phi) is 6.05. The fourth-order valence-electron chi connectivity index (χ4n) is 5.95. The molecule has 0 saturated carbocycles. The van der Waals surface area contributed by atoms with Crippen molar-refractivity contribution in [3.63, 3.8) is 0 Å². The number of likely N-dealkylation sites (tertiary alicyclic amines) is 1. The van der Waals surface area contributed by atoms with Crippen LogP contribution in [0.15, 0.2) is 43.0 Å². The Morgan fingerprint density at radius 1 is 1.23 bits per heavy atom. The van der Waals surface area contributed by atoms with Gasteiger partial charge in [0.25, 0.3) is 0 Å². The van der Waals surface area contributed by atoms with E-state index in [1.165, 1.54) is 11.9 Å². The number of ether oxygens (including phenoxy) is 1. The van der Waals surface area contributed by atoms with E-state index in [0.29, 0.717) is 23.2 Å². The van der Waals surface area contributed by atoms with E-state index >= 15 is 0 Å². The zero-order valence-electron chi connectivity index (χ0n) is 20.6. The van der Waals surface area contributed by atoms with Crippen LogP contribution in [0, 0.1) is 5.41 Å². The maximum atomic E-state index is 10.7. The number of aldehydes is 1. The van der Waals surface area contributed by atoms with Crippen LogP contribution >= 0.6 is 0 Å². The van der Waals surface area contributed by atoms with E-state index in [0.717, 1.165) is 72.8 Å². The number of nitrogens with two attached hydrogens (primary N) is 1. The minimum atomic E-state index is 0.305. The van der Waals surface area contributed by atoms with Gasteiger partial charge in [0.15, 0.2) is 0 Å². The monoisotopic (exact) mass is 472 g/mol. The molecule has 182 valence electrons. The third kappa shape index (κ3) is 4.07. The summed E-state index contributed by atoms with van der Waals surface area (Å²) in [4.78, 5) is 26.3. The van der Waals surface area contributed by atoms with Gasteiger partial charge in [-0.1, -0.05) is 6.08 Å². The maximum absolute atomic E-state index is 10.7. The molecule has 2 aliphatic rings. The molecule has 1 saturated heterocycles. The van der Waals surface area contributed by atoms with E-state index in [1.807, 2.05) is 24.5 Å². The molecule has 35 heavy (non-hydrogen) atoms. The molecule has 1 aliphatic carbocycles. The van der Waals surface area contributed by atoms with E-state index in [4.69, 9.17) is 10.5 Å². The Hall–Kier alpha value is -3.68. The molecule has 2 unspecified atom stereocenters. The highest BCUT2D eigenvalue weighted by Crippen LogP contribution is 2.49. The molecule has 4 heterocycles. The standard InChI is InChI=1S/C27H32N6O2/c1-18-15-27(11-13-33(18)12-4-14-34)9-7-19(8-10-27)24-22(20-5-6-21(35-3)29-16-20)23-25(28)30-17-31-26(23)32(24)2/h4-7,12,14,16-18H,8-11,13,15H2,1-3H3,(H2,28,30,31). The van der Waals surface area contributed by atoms with Gasteiger partial charge in [0.2, 0.25) is 5.88 Å². The molecular weight excluding hydrogens is 440 g/mol. The molecule has 1 spiro atoms. The van der Waals surface area contributed by atoms with Crippen molar-refractivity contribution in [3.8, 4) is 17.0 Å². The number of allylic oxidation sites excluding steroid dienone is 3. The fourth-order valence-corrected chi connectivity index (χ4v) is 5.95. The first-order chi connectivity index (χ1) is 17.0. The Bertz CT molecular complexity index is 1310. The number of nitrogens with zero attached hydrogens (tertiary/aromatic N) is 5. The lowest BCUT2D eigenvalue weighted by Crippen LogP contribution is -2.43. The number of piperidine rings is 1. The van der Waals surface area contributed by atoms with Crippen molar-refractivity contribution in [2.45, 2.75) is 45.1 Å². The normalized spacial score (nSPS) is 22.7. The third-order valence-electron chi connectivity index (χ3n) is 7.79. The van der Waals surface area contributed by atoms with Crippen LogP contribution in [0.3, 0.4) is 0 Å². The Morgan fingerprint density at radius 2 is 2.09 bits per heavy atom. The predicted molar refractivity (Wildman–Crippen MR) is 138 cm³/mol. The molecule has 2 N–H and O–H groups in total. The van der Waals surface area contributed by atoms with E-state index in [9.17, 15) is 4.79 Å². The van der Waals surface area contributed by atoms with Crippen molar-refractivity contribution >= 4 is 28.7 Å². The van der Waals surface area contributed by atoms with Gasteiger partial charge in [0.05, 0.1) is 18.2 Å². The number of hydrogen-bond donors (Lipinski definition) is 1. The van der Waals surface area contributed by atoms with Gasteiger partial charge in [0.1, 0.15) is 24.1 Å². The van der Waals surface area contributed by atoms with Crippen LogP contribution in [0.25, 0.3) is 27.7 Å². The summed E-state index contributed by atoms with van der Waals surface area (Å²) in [5, 5.41) is 0.863. The summed E-state index contributed by atoms with van der Waals surface area (Å²) < 4.78 is 7.41. The van der Waals surface area contributed by atoms with Crippen molar-refractivity contribution in [2.75, 3.05) is 19.4 Å². The number of aromatic nitrogens is 4. The lowest BCUT2D eigenvalue weighted by Gasteiger charge is -2.47. The van der Waals surface area contributed by atoms with Crippen LogP contribution in [-0.4, -0.2) is 50.4 Å². The molecule has 0 bridgehead atoms. The number of anilines is 1. The maximum Gasteiger partial charge on any atom is 0.212 e. The molecule has 8 heteroatoms. The molecule has 1 aliphatic heterocycles. The highest BCUT2D eigenvalue weighted by molar-refractivity contribution is 6.05. The number of carbonyl (C=O) groups excluding carboxylic acids is 1. The molecule has 3 aromatic rings. The van der Waals surface area contributed by atoms with E-state index in [2.05, 4.69) is 44.5 Å². The number of methoxy groups -OCH3 is 1. The molecular formula is C27H32N6O2. The van der Waals surface area contributed by atoms with Gasteiger partial charge >= 0.3 is 0 Å². The molecule has 5 rings (SSSR count).